The van der Waals surface area contributed by atoms with E-state index in [1.165, 1.54) is 6.20 Å². The molecule has 3 heterocycles. The van der Waals surface area contributed by atoms with E-state index in [1.54, 1.807) is 37.5 Å². The smallest absolute Gasteiger partial charge is 0.263 e. The van der Waals surface area contributed by atoms with Gasteiger partial charge in [0.25, 0.3) is 5.56 Å². The van der Waals surface area contributed by atoms with Crippen molar-refractivity contribution in [1.29, 1.82) is 0 Å². The number of nitrogens with zero attached hydrogens (tertiary/aromatic N) is 5. The van der Waals surface area contributed by atoms with Crippen LogP contribution >= 0.6 is 21.6 Å². The van der Waals surface area contributed by atoms with E-state index in [0.717, 1.165) is 0 Å². The maximum Gasteiger partial charge on any atom is 0.263 e. The number of rotatable bonds is 8. The van der Waals surface area contributed by atoms with Gasteiger partial charge in [-0.2, -0.15) is 10.1 Å². The van der Waals surface area contributed by atoms with Gasteiger partial charge in [0.15, 0.2) is 11.9 Å². The zero-order chi connectivity index (χ0) is 20.3. The highest BCUT2D eigenvalue weighted by molar-refractivity contribution is 8.76. The van der Waals surface area contributed by atoms with Crippen molar-refractivity contribution in [3.05, 3.63) is 16.6 Å². The zero-order valence-electron chi connectivity index (χ0n) is 16.1. The molecular formula is C16H24N6O4S2. The summed E-state index contributed by atoms with van der Waals surface area (Å²) < 4.78 is 13.5. The summed E-state index contributed by atoms with van der Waals surface area (Å²) >= 11 is 0. The Balaban J connectivity index is 1.87. The minimum Gasteiger partial charge on any atom is -0.394 e. The molecule has 0 aromatic carbocycles. The molecule has 10 nitrogen and oxygen atoms in total. The molecule has 154 valence electrons. The number of hydrogen-bond acceptors (Lipinski definition) is 9. The first-order valence-corrected chi connectivity index (χ1v) is 11.3. The first kappa shape index (κ1) is 21.1. The van der Waals surface area contributed by atoms with Crippen molar-refractivity contribution in [1.82, 2.24) is 24.6 Å². The third-order valence-electron chi connectivity index (χ3n) is 4.09. The van der Waals surface area contributed by atoms with E-state index >= 15 is 0 Å². The number of aliphatic hydroxyl groups excluding tert-OH is 1. The van der Waals surface area contributed by atoms with E-state index in [9.17, 15) is 9.90 Å². The van der Waals surface area contributed by atoms with E-state index < -0.39 is 12.3 Å². The molecule has 1 aliphatic rings. The molecular weight excluding hydrogens is 404 g/mol. The molecule has 0 saturated carbocycles. The standard InChI is InChI=1S/C16H24N6O4S2/c1-9(28-27-4)25-11-5-13(26-12(11)7-23)22-14-10(6-18-22)15(24)20-16(19-14)17-8-21(2)3/h6,8-9,11-13,23H,5,7H2,1-4H3,(H,19,20,24)/b17-8-/t9-,11+,12+,13+/m0/s1. The van der Waals surface area contributed by atoms with Gasteiger partial charge in [0, 0.05) is 20.5 Å². The van der Waals surface area contributed by atoms with Crippen molar-refractivity contribution in [2.24, 2.45) is 4.99 Å². The molecule has 4 atom stereocenters. The first-order valence-electron chi connectivity index (χ1n) is 8.72. The zero-order valence-corrected chi connectivity index (χ0v) is 17.7. The second kappa shape index (κ2) is 9.27. The van der Waals surface area contributed by atoms with Crippen molar-refractivity contribution in [2.75, 3.05) is 27.0 Å². The number of aromatic amines is 1. The van der Waals surface area contributed by atoms with Gasteiger partial charge in [0.1, 0.15) is 16.9 Å². The molecule has 1 aliphatic heterocycles. The minimum absolute atomic E-state index is 0.0429. The van der Waals surface area contributed by atoms with Crippen molar-refractivity contribution < 1.29 is 14.6 Å². The summed E-state index contributed by atoms with van der Waals surface area (Å²) in [6, 6.07) is 0. The van der Waals surface area contributed by atoms with E-state index in [1.807, 2.05) is 27.3 Å². The van der Waals surface area contributed by atoms with Crippen molar-refractivity contribution in [2.45, 2.75) is 37.2 Å². The molecule has 2 N–H and O–H groups in total. The highest BCUT2D eigenvalue weighted by Crippen LogP contribution is 2.35. The van der Waals surface area contributed by atoms with Gasteiger partial charge in [-0.25, -0.2) is 9.67 Å². The number of H-pyrrole nitrogens is 1. The molecule has 0 aliphatic carbocycles. The first-order chi connectivity index (χ1) is 13.4. The third kappa shape index (κ3) is 4.69. The number of aromatic nitrogens is 4. The second-order valence-electron chi connectivity index (χ2n) is 6.48. The van der Waals surface area contributed by atoms with Crippen molar-refractivity contribution in [3.63, 3.8) is 0 Å². The van der Waals surface area contributed by atoms with Crippen LogP contribution in [0.4, 0.5) is 5.95 Å². The Morgan fingerprint density at radius 2 is 2.39 bits per heavy atom. The summed E-state index contributed by atoms with van der Waals surface area (Å²) in [7, 11) is 6.86. The van der Waals surface area contributed by atoms with Gasteiger partial charge in [-0.3, -0.25) is 9.78 Å². The average molecular weight is 429 g/mol. The molecule has 1 fully saturated rings. The Kier molecular flexibility index (Phi) is 6.99. The molecule has 0 spiro atoms. The Labute approximate surface area is 170 Å². The Morgan fingerprint density at radius 1 is 1.61 bits per heavy atom. The molecule has 0 radical (unpaired) electrons. The van der Waals surface area contributed by atoms with E-state index in [0.29, 0.717) is 17.5 Å². The number of nitrogens with one attached hydrogen (secondary N) is 1. The average Bonchev–Trinajstić information content (AvgIpc) is 3.24. The summed E-state index contributed by atoms with van der Waals surface area (Å²) in [5.74, 6) is 0.183. The lowest BCUT2D eigenvalue weighted by Gasteiger charge is -2.20. The van der Waals surface area contributed by atoms with E-state index in [-0.39, 0.29) is 29.7 Å². The van der Waals surface area contributed by atoms with Gasteiger partial charge in [0.2, 0.25) is 5.95 Å². The number of aliphatic hydroxyl groups is 1. The maximum absolute atomic E-state index is 12.3. The molecule has 12 heteroatoms. The van der Waals surface area contributed by atoms with E-state index in [4.69, 9.17) is 9.47 Å². The van der Waals surface area contributed by atoms with Crippen LogP contribution in [0.25, 0.3) is 11.0 Å². The minimum atomic E-state index is -0.494. The quantitative estimate of drug-likeness (QED) is 0.278. The lowest BCUT2D eigenvalue weighted by Crippen LogP contribution is -2.29. The van der Waals surface area contributed by atoms with Crippen molar-refractivity contribution in [3.8, 4) is 0 Å². The number of fused-ring (bicyclic) bond motifs is 1. The highest BCUT2D eigenvalue weighted by atomic mass is 33.1. The Hall–Kier alpha value is -1.60. The highest BCUT2D eigenvalue weighted by Gasteiger charge is 2.38. The lowest BCUT2D eigenvalue weighted by atomic mass is 10.2. The Bertz CT molecular complexity index is 886. The molecule has 3 rings (SSSR count). The summed E-state index contributed by atoms with van der Waals surface area (Å²) in [6.45, 7) is 1.80. The fourth-order valence-electron chi connectivity index (χ4n) is 2.93. The van der Waals surface area contributed by atoms with Crippen LogP contribution in [0.5, 0.6) is 0 Å². The third-order valence-corrected chi connectivity index (χ3v) is 6.06. The SMILES string of the molecule is CSS[C@@H](C)O[C@@H]1C[C@H](n2ncc3c(=O)[nH]c(/N=C\N(C)C)nc32)O[C@@H]1CO. The molecule has 0 unspecified atom stereocenters. The van der Waals surface area contributed by atoms with Crippen molar-refractivity contribution >= 4 is 44.9 Å². The summed E-state index contributed by atoms with van der Waals surface area (Å²) in [6.07, 6.45) is 4.24. The van der Waals surface area contributed by atoms with Crippen LogP contribution in [-0.2, 0) is 9.47 Å². The normalized spacial score (nSPS) is 23.7. The van der Waals surface area contributed by atoms with Gasteiger partial charge in [-0.15, -0.1) is 0 Å². The largest absolute Gasteiger partial charge is 0.394 e. The van der Waals surface area contributed by atoms with Gasteiger partial charge in [0.05, 0.1) is 25.2 Å². The molecule has 2 aromatic rings. The molecule has 28 heavy (non-hydrogen) atoms. The number of hydrogen-bond donors (Lipinski definition) is 2. The van der Waals surface area contributed by atoms with Gasteiger partial charge < -0.3 is 19.5 Å². The van der Waals surface area contributed by atoms with Gasteiger partial charge >= 0.3 is 0 Å². The number of aliphatic imine (C=N–C) groups is 1. The fourth-order valence-corrected chi connectivity index (χ4v) is 4.34. The van der Waals surface area contributed by atoms with Crippen LogP contribution in [0.2, 0.25) is 0 Å². The molecule has 2 aromatic heterocycles. The topological polar surface area (TPSA) is 118 Å². The maximum atomic E-state index is 12.3. The second-order valence-corrected chi connectivity index (χ2v) is 9.24. The predicted molar refractivity (Wildman–Crippen MR) is 111 cm³/mol. The van der Waals surface area contributed by atoms with Crippen LogP contribution in [0, 0.1) is 0 Å². The van der Waals surface area contributed by atoms with Crippen LogP contribution in [0.3, 0.4) is 0 Å². The van der Waals surface area contributed by atoms with Gasteiger partial charge in [-0.1, -0.05) is 21.6 Å². The van der Waals surface area contributed by atoms with Crippen LogP contribution in [-0.4, -0.2) is 80.7 Å². The Morgan fingerprint density at radius 3 is 3.07 bits per heavy atom. The molecule has 1 saturated heterocycles. The summed E-state index contributed by atoms with van der Waals surface area (Å²) in [4.78, 5) is 25.3. The van der Waals surface area contributed by atoms with Crippen LogP contribution in [0.1, 0.15) is 19.6 Å². The fraction of sp³-hybridized carbons (Fsp3) is 0.625. The van der Waals surface area contributed by atoms with Gasteiger partial charge in [-0.05, 0) is 13.2 Å². The molecule has 0 amide bonds. The van der Waals surface area contributed by atoms with Crippen LogP contribution < -0.4 is 5.56 Å². The van der Waals surface area contributed by atoms with E-state index in [2.05, 4.69) is 20.1 Å². The lowest BCUT2D eigenvalue weighted by molar-refractivity contribution is -0.0652. The molecule has 0 bridgehead atoms. The number of ether oxygens (including phenoxy) is 2. The summed E-state index contributed by atoms with van der Waals surface area (Å²) in [5, 5.41) is 14.3. The van der Waals surface area contributed by atoms with Crippen LogP contribution in [0.15, 0.2) is 16.0 Å². The predicted octanol–water partition coefficient (Wildman–Crippen LogP) is 1.36. The monoisotopic (exact) mass is 428 g/mol. The summed E-state index contributed by atoms with van der Waals surface area (Å²) in [5.41, 5.74) is 0.0129.